The van der Waals surface area contributed by atoms with E-state index in [1.165, 1.54) is 134 Å². The number of hydrogen-bond acceptors (Lipinski definition) is 3. The molecule has 0 rings (SSSR count). The molecular weight excluding hydrogens is 636 g/mol. The maximum absolute atomic E-state index is 5.58. The number of thioether (sulfide) groups is 1. The van der Waals surface area contributed by atoms with E-state index in [0.717, 1.165) is 12.3 Å². The molecule has 0 saturated carbocycles. The van der Waals surface area contributed by atoms with Crippen LogP contribution in [0.15, 0.2) is 0 Å². The van der Waals surface area contributed by atoms with Crippen LogP contribution in [0.2, 0.25) is 0 Å². The number of halogens is 1. The predicted octanol–water partition coefficient (Wildman–Crippen LogP) is 17.0. The summed E-state index contributed by atoms with van der Waals surface area (Å²) in [5.74, 6) is 3.59. The van der Waals surface area contributed by atoms with Gasteiger partial charge >= 0.3 is 0 Å². The molecule has 0 aromatic carbocycles. The van der Waals surface area contributed by atoms with Crippen LogP contribution < -0.4 is 5.32 Å². The fourth-order valence-electron chi connectivity index (χ4n) is 3.30. The Bertz CT molecular complexity index is 393. The summed E-state index contributed by atoms with van der Waals surface area (Å²) in [6, 6.07) is 0. The summed E-state index contributed by atoms with van der Waals surface area (Å²) in [5.41, 5.74) is 0.500. The highest BCUT2D eigenvalue weighted by atomic mass is 35.5. The van der Waals surface area contributed by atoms with Crippen LogP contribution in [0.1, 0.15) is 234 Å². The van der Waals surface area contributed by atoms with Crippen LogP contribution in [-0.4, -0.2) is 55.0 Å². The zero-order valence-electron chi connectivity index (χ0n) is 38.9. The topological polar surface area (TPSA) is 15.3 Å². The Balaban J connectivity index is -0.0000000671. The normalized spacial score (nSPS) is 10.3. The summed E-state index contributed by atoms with van der Waals surface area (Å²) < 4.78 is 0. The second kappa shape index (κ2) is 70.2. The van der Waals surface area contributed by atoms with Crippen LogP contribution in [0, 0.1) is 11.3 Å². The second-order valence-corrected chi connectivity index (χ2v) is 17.2. The largest absolute Gasteiger partial charge is 0.317 e. The van der Waals surface area contributed by atoms with Crippen molar-refractivity contribution in [2.75, 3.05) is 44.7 Å². The first kappa shape index (κ1) is 67.7. The molecule has 0 bridgehead atoms. The van der Waals surface area contributed by atoms with Gasteiger partial charge in [0.15, 0.2) is 0 Å². The van der Waals surface area contributed by atoms with Gasteiger partial charge in [0.25, 0.3) is 0 Å². The smallest absolute Gasteiger partial charge is 0.0307 e. The number of nitrogens with one attached hydrogen (secondary N) is 1. The third kappa shape index (κ3) is 175. The van der Waals surface area contributed by atoms with Crippen LogP contribution in [0.5, 0.6) is 0 Å². The van der Waals surface area contributed by atoms with Crippen LogP contribution in [0.25, 0.3) is 0 Å². The van der Waals surface area contributed by atoms with Gasteiger partial charge in [-0.15, -0.1) is 11.6 Å². The maximum atomic E-state index is 5.58. The average molecular weight is 744 g/mol. The van der Waals surface area contributed by atoms with E-state index in [-0.39, 0.29) is 0 Å². The van der Waals surface area contributed by atoms with Crippen molar-refractivity contribution in [3.63, 3.8) is 0 Å². The van der Waals surface area contributed by atoms with Crippen molar-refractivity contribution in [1.82, 2.24) is 10.2 Å². The van der Waals surface area contributed by atoms with Crippen molar-refractivity contribution in [2.45, 2.75) is 240 Å². The predicted molar refractivity (Wildman–Crippen MR) is 245 cm³/mol. The van der Waals surface area contributed by atoms with Crippen molar-refractivity contribution in [1.29, 1.82) is 0 Å². The van der Waals surface area contributed by atoms with Gasteiger partial charge in [-0.25, -0.2) is 0 Å². The Morgan fingerprint density at radius 2 is 0.898 bits per heavy atom. The Morgan fingerprint density at radius 3 is 1.12 bits per heavy atom. The molecule has 4 heteroatoms. The molecule has 0 aromatic heterocycles. The molecule has 1 unspecified atom stereocenters. The summed E-state index contributed by atoms with van der Waals surface area (Å²) in [6.07, 6.45) is 21.1. The Hall–Kier alpha value is 0.560. The number of nitrogens with zero attached hydrogens (tertiary/aromatic N) is 1. The lowest BCUT2D eigenvalue weighted by Crippen LogP contribution is -2.19. The van der Waals surface area contributed by atoms with Crippen molar-refractivity contribution in [2.24, 2.45) is 11.3 Å². The molecule has 1 atom stereocenters. The lowest BCUT2D eigenvalue weighted by atomic mass is 10.0. The molecule has 0 heterocycles. The third-order valence-electron chi connectivity index (χ3n) is 5.33. The number of hydrogen-bond donors (Lipinski definition) is 1. The fourth-order valence-corrected chi connectivity index (χ4v) is 4.30. The fraction of sp³-hybridized carbons (Fsp3) is 1.00. The molecule has 0 aliphatic rings. The Kier molecular flexibility index (Phi) is 96.9. The van der Waals surface area contributed by atoms with Crippen molar-refractivity contribution in [3.8, 4) is 0 Å². The number of unbranched alkanes of at least 4 members (excludes halogenated alkanes) is 4. The van der Waals surface area contributed by atoms with E-state index in [1.807, 2.05) is 6.92 Å². The highest BCUT2D eigenvalue weighted by Gasteiger charge is 1.95. The highest BCUT2D eigenvalue weighted by Crippen LogP contribution is 2.10. The standard InChI is InChI=1S/C10H22.C7H17N.C6H15N.C6H14S.C5H11Cl.C5H12.2C3H8/c1-4-5-6-7-8-9-10(2)3;1-4-6-8(3)7-5-2;2*1-3-5-7-6-4-2;1-3-4-5(2)6;1-5(2,3)4;2*1-3-2/h10H,4-9H2,1-3H3;4-7H2,1-3H3;7H,3-6H2,1-2H3;3-6H2,1-2H3;5H,3-4H2,1-2H3;1-4H3;2*3H2,1-2H3. The first-order chi connectivity index (χ1) is 23.0. The van der Waals surface area contributed by atoms with Gasteiger partial charge in [0, 0.05) is 5.38 Å². The van der Waals surface area contributed by atoms with E-state index >= 15 is 0 Å². The summed E-state index contributed by atoms with van der Waals surface area (Å²) >= 11 is 7.63. The van der Waals surface area contributed by atoms with Crippen LogP contribution in [-0.2, 0) is 0 Å². The average Bonchev–Trinajstić information content (AvgIpc) is 2.99. The zero-order chi connectivity index (χ0) is 40.2. The lowest BCUT2D eigenvalue weighted by molar-refractivity contribution is 0.335. The van der Waals surface area contributed by atoms with Crippen LogP contribution in [0.3, 0.4) is 0 Å². The Morgan fingerprint density at radius 1 is 0.531 bits per heavy atom. The first-order valence-electron chi connectivity index (χ1n) is 21.6. The number of rotatable bonds is 20. The summed E-state index contributed by atoms with van der Waals surface area (Å²) in [6.45, 7) is 46.4. The van der Waals surface area contributed by atoms with E-state index in [9.17, 15) is 0 Å². The Labute approximate surface area is 328 Å². The van der Waals surface area contributed by atoms with Gasteiger partial charge in [-0.2, -0.15) is 11.8 Å². The monoisotopic (exact) mass is 743 g/mol. The minimum absolute atomic E-state index is 0.370. The lowest BCUT2D eigenvalue weighted by Gasteiger charge is -2.12. The molecule has 0 aromatic rings. The van der Waals surface area contributed by atoms with Crippen molar-refractivity contribution in [3.05, 3.63) is 0 Å². The van der Waals surface area contributed by atoms with Crippen molar-refractivity contribution >= 4 is 23.4 Å². The first-order valence-corrected chi connectivity index (χ1v) is 23.2. The van der Waals surface area contributed by atoms with Gasteiger partial charge in [-0.3, -0.25) is 0 Å². The summed E-state index contributed by atoms with van der Waals surface area (Å²) in [4.78, 5) is 2.36. The maximum Gasteiger partial charge on any atom is 0.0307 e. The van der Waals surface area contributed by atoms with E-state index < -0.39 is 0 Å². The number of alkyl halides is 1. The molecule has 0 aliphatic heterocycles. The molecule has 49 heavy (non-hydrogen) atoms. The SMILES string of the molecule is CC(C)(C)C.CCC.CCC.CCCC(C)Cl.CCCCCCCC(C)C.CCCN(C)CCC.CCCNCCC.CCCSCCC. The van der Waals surface area contributed by atoms with Crippen LogP contribution >= 0.6 is 23.4 Å². The molecule has 1 N–H and O–H groups in total. The zero-order valence-corrected chi connectivity index (χ0v) is 40.5. The van der Waals surface area contributed by atoms with E-state index in [2.05, 4.69) is 154 Å². The third-order valence-corrected chi connectivity index (χ3v) is 6.94. The minimum Gasteiger partial charge on any atom is -0.317 e. The van der Waals surface area contributed by atoms with Crippen molar-refractivity contribution < 1.29 is 0 Å². The van der Waals surface area contributed by atoms with E-state index in [4.69, 9.17) is 11.6 Å². The highest BCUT2D eigenvalue weighted by molar-refractivity contribution is 7.99. The molecule has 2 nitrogen and oxygen atoms in total. The van der Waals surface area contributed by atoms with Gasteiger partial charge in [0.1, 0.15) is 0 Å². The molecule has 0 radical (unpaired) electrons. The van der Waals surface area contributed by atoms with Gasteiger partial charge in [-0.1, -0.05) is 182 Å². The summed E-state index contributed by atoms with van der Waals surface area (Å²) in [7, 11) is 2.17. The van der Waals surface area contributed by atoms with Gasteiger partial charge in [0.2, 0.25) is 0 Å². The molecular formula is C45H107ClN2S. The summed E-state index contributed by atoms with van der Waals surface area (Å²) in [5, 5.41) is 3.66. The van der Waals surface area contributed by atoms with E-state index in [0.29, 0.717) is 10.8 Å². The van der Waals surface area contributed by atoms with Gasteiger partial charge in [-0.05, 0) is 108 Å². The molecule has 310 valence electrons. The molecule has 0 saturated heterocycles. The quantitative estimate of drug-likeness (QED) is 0.0987. The van der Waals surface area contributed by atoms with Gasteiger partial charge < -0.3 is 10.2 Å². The molecule has 0 aliphatic carbocycles. The second-order valence-electron chi connectivity index (χ2n) is 15.2. The van der Waals surface area contributed by atoms with E-state index in [1.54, 1.807) is 0 Å². The van der Waals surface area contributed by atoms with Gasteiger partial charge in [0.05, 0.1) is 0 Å². The molecule has 0 amide bonds. The molecule has 0 fully saturated rings. The minimum atomic E-state index is 0.370. The molecule has 0 spiro atoms. The van der Waals surface area contributed by atoms with Crippen LogP contribution in [0.4, 0.5) is 0 Å².